The number of aliphatic carboxylic acids is 1. The SMILES string of the molecule is COc1ccc2c(c1OCc1ccccc1)C[C@H](CC(=O)O)N(C(=O)[C@@H](Oc1c(F)cc(F)cc1F)c1ccccc1)C2. The standard InChI is InChI=1S/C33H28F3NO6/c1-41-28-13-12-22-18-37(24(17-29(38)39)16-25(22)31(28)42-19-20-8-4-2-5-9-20)33(40)30(21-10-6-3-7-11-21)43-32-26(35)14-23(34)15-27(32)36/h2-15,24,30H,16-19H2,1H3,(H,38,39)/t24-,30+/m1/s1. The molecule has 7 nitrogen and oxygen atoms in total. The summed E-state index contributed by atoms with van der Waals surface area (Å²) in [6.07, 6.45) is -1.86. The first-order valence-electron chi connectivity index (χ1n) is 13.5. The summed E-state index contributed by atoms with van der Waals surface area (Å²) in [5, 5.41) is 9.77. The average molecular weight is 592 g/mol. The molecular formula is C33H28F3NO6. The molecule has 43 heavy (non-hydrogen) atoms. The fourth-order valence-corrected chi connectivity index (χ4v) is 5.17. The molecule has 4 aromatic rings. The number of ether oxygens (including phenoxy) is 3. The minimum atomic E-state index is -1.56. The van der Waals surface area contributed by atoms with E-state index in [1.807, 2.05) is 30.3 Å². The molecule has 0 unspecified atom stereocenters. The van der Waals surface area contributed by atoms with Gasteiger partial charge in [-0.3, -0.25) is 9.59 Å². The number of halogens is 3. The minimum absolute atomic E-state index is 0.0289. The van der Waals surface area contributed by atoms with Crippen molar-refractivity contribution in [3.63, 3.8) is 0 Å². The normalized spacial score (nSPS) is 14.9. The van der Waals surface area contributed by atoms with Gasteiger partial charge in [-0.2, -0.15) is 0 Å². The molecule has 1 N–H and O–H groups in total. The zero-order chi connectivity index (χ0) is 30.5. The Morgan fingerprint density at radius 3 is 2.21 bits per heavy atom. The Balaban J connectivity index is 1.52. The summed E-state index contributed by atoms with van der Waals surface area (Å²) in [5.74, 6) is -5.65. The zero-order valence-electron chi connectivity index (χ0n) is 23.1. The highest BCUT2D eigenvalue weighted by Gasteiger charge is 2.39. The molecule has 0 saturated carbocycles. The lowest BCUT2D eigenvalue weighted by atomic mass is 9.90. The first-order chi connectivity index (χ1) is 20.7. The number of hydrogen-bond acceptors (Lipinski definition) is 5. The van der Waals surface area contributed by atoms with Gasteiger partial charge in [-0.15, -0.1) is 0 Å². The van der Waals surface area contributed by atoms with Crippen LogP contribution >= 0.6 is 0 Å². The molecule has 4 aromatic carbocycles. The van der Waals surface area contributed by atoms with Gasteiger partial charge in [0.1, 0.15) is 12.4 Å². The van der Waals surface area contributed by atoms with E-state index in [0.717, 1.165) is 5.56 Å². The van der Waals surface area contributed by atoms with E-state index in [1.54, 1.807) is 42.5 Å². The number of carboxylic acid groups (broad SMARTS) is 1. The van der Waals surface area contributed by atoms with Crippen LogP contribution in [0.5, 0.6) is 17.2 Å². The Kier molecular flexibility index (Phi) is 8.85. The van der Waals surface area contributed by atoms with Crippen molar-refractivity contribution in [1.82, 2.24) is 4.90 Å². The zero-order valence-corrected chi connectivity index (χ0v) is 23.1. The van der Waals surface area contributed by atoms with Crippen molar-refractivity contribution in [1.29, 1.82) is 0 Å². The smallest absolute Gasteiger partial charge is 0.305 e. The number of amides is 1. The van der Waals surface area contributed by atoms with Gasteiger partial charge in [-0.05, 0) is 23.6 Å². The highest BCUT2D eigenvalue weighted by Crippen LogP contribution is 2.40. The van der Waals surface area contributed by atoms with Crippen LogP contribution in [0.25, 0.3) is 0 Å². The van der Waals surface area contributed by atoms with Crippen LogP contribution in [0.1, 0.15) is 34.8 Å². The van der Waals surface area contributed by atoms with Crippen molar-refractivity contribution in [3.8, 4) is 17.2 Å². The summed E-state index contributed by atoms with van der Waals surface area (Å²) in [7, 11) is 1.50. The second-order valence-corrected chi connectivity index (χ2v) is 10.0. The number of carbonyl (C=O) groups excluding carboxylic acids is 1. The molecule has 1 aliphatic heterocycles. The van der Waals surface area contributed by atoms with E-state index in [9.17, 15) is 27.9 Å². The Bertz CT molecular complexity index is 1590. The summed E-state index contributed by atoms with van der Waals surface area (Å²) in [6.45, 7) is 0.206. The summed E-state index contributed by atoms with van der Waals surface area (Å²) in [6, 6.07) is 21.0. The predicted octanol–water partition coefficient (Wildman–Crippen LogP) is 6.24. The van der Waals surface area contributed by atoms with Gasteiger partial charge < -0.3 is 24.2 Å². The second-order valence-electron chi connectivity index (χ2n) is 10.0. The maximum atomic E-state index is 14.6. The van der Waals surface area contributed by atoms with Gasteiger partial charge in [0, 0.05) is 35.8 Å². The van der Waals surface area contributed by atoms with Gasteiger partial charge in [0.05, 0.1) is 13.5 Å². The third-order valence-corrected chi connectivity index (χ3v) is 7.21. The van der Waals surface area contributed by atoms with Crippen LogP contribution in [-0.2, 0) is 29.2 Å². The monoisotopic (exact) mass is 591 g/mol. The second kappa shape index (κ2) is 12.9. The summed E-state index contributed by atoms with van der Waals surface area (Å²) < 4.78 is 60.2. The minimum Gasteiger partial charge on any atom is -0.493 e. The Morgan fingerprint density at radius 2 is 1.58 bits per heavy atom. The summed E-state index contributed by atoms with van der Waals surface area (Å²) >= 11 is 0. The van der Waals surface area contributed by atoms with Crippen LogP contribution < -0.4 is 14.2 Å². The van der Waals surface area contributed by atoms with Gasteiger partial charge in [0.2, 0.25) is 6.10 Å². The Hall–Kier alpha value is -4.99. The van der Waals surface area contributed by atoms with E-state index in [0.29, 0.717) is 34.8 Å². The molecule has 0 radical (unpaired) electrons. The first kappa shape index (κ1) is 29.5. The van der Waals surface area contributed by atoms with Crippen LogP contribution in [0, 0.1) is 17.5 Å². The third-order valence-electron chi connectivity index (χ3n) is 7.21. The molecular weight excluding hydrogens is 563 g/mol. The fourth-order valence-electron chi connectivity index (χ4n) is 5.17. The van der Waals surface area contributed by atoms with Gasteiger partial charge in [-0.25, -0.2) is 13.2 Å². The number of nitrogens with zero attached hydrogens (tertiary/aromatic N) is 1. The number of carboxylic acids is 1. The highest BCUT2D eigenvalue weighted by atomic mass is 19.1. The van der Waals surface area contributed by atoms with Crippen molar-refractivity contribution >= 4 is 11.9 Å². The third kappa shape index (κ3) is 6.58. The van der Waals surface area contributed by atoms with Crippen LogP contribution in [0.15, 0.2) is 84.9 Å². The molecule has 222 valence electrons. The van der Waals surface area contributed by atoms with Crippen LogP contribution in [0.2, 0.25) is 0 Å². The fraction of sp³-hybridized carbons (Fsp3) is 0.212. The lowest BCUT2D eigenvalue weighted by Crippen LogP contribution is -2.48. The maximum absolute atomic E-state index is 14.6. The van der Waals surface area contributed by atoms with E-state index in [4.69, 9.17) is 14.2 Å². The van der Waals surface area contributed by atoms with Gasteiger partial charge >= 0.3 is 5.97 Å². The van der Waals surface area contributed by atoms with Crippen molar-refractivity contribution in [2.24, 2.45) is 0 Å². The lowest BCUT2D eigenvalue weighted by Gasteiger charge is -2.39. The van der Waals surface area contributed by atoms with Gasteiger partial charge in [-0.1, -0.05) is 66.7 Å². The quantitative estimate of drug-likeness (QED) is 0.235. The molecule has 0 fully saturated rings. The molecule has 10 heteroatoms. The molecule has 5 rings (SSSR count). The number of rotatable bonds is 10. The van der Waals surface area contributed by atoms with E-state index in [-0.39, 0.29) is 25.1 Å². The van der Waals surface area contributed by atoms with Crippen LogP contribution in [-0.4, -0.2) is 35.0 Å². The number of carbonyl (C=O) groups is 2. The number of fused-ring (bicyclic) bond motifs is 1. The average Bonchev–Trinajstić information content (AvgIpc) is 2.99. The molecule has 0 bridgehead atoms. The molecule has 2 atom stereocenters. The number of hydrogen-bond donors (Lipinski definition) is 1. The topological polar surface area (TPSA) is 85.3 Å². The summed E-state index contributed by atoms with van der Waals surface area (Å²) in [5.41, 5.74) is 2.57. The van der Waals surface area contributed by atoms with Crippen LogP contribution in [0.3, 0.4) is 0 Å². The van der Waals surface area contributed by atoms with E-state index in [2.05, 4.69) is 0 Å². The number of benzene rings is 4. The first-order valence-corrected chi connectivity index (χ1v) is 13.5. The molecule has 1 heterocycles. The largest absolute Gasteiger partial charge is 0.493 e. The van der Waals surface area contributed by atoms with Crippen LogP contribution in [0.4, 0.5) is 13.2 Å². The molecule has 0 aliphatic carbocycles. The van der Waals surface area contributed by atoms with Crippen molar-refractivity contribution in [2.75, 3.05) is 7.11 Å². The molecule has 1 amide bonds. The Labute approximate surface area is 246 Å². The number of methoxy groups -OCH3 is 1. The van der Waals surface area contributed by atoms with E-state index < -0.39 is 53.6 Å². The predicted molar refractivity (Wildman–Crippen MR) is 150 cm³/mol. The molecule has 0 aromatic heterocycles. The van der Waals surface area contributed by atoms with Gasteiger partial charge in [0.25, 0.3) is 5.91 Å². The summed E-state index contributed by atoms with van der Waals surface area (Å²) in [4.78, 5) is 27.4. The van der Waals surface area contributed by atoms with Crippen molar-refractivity contribution in [3.05, 3.63) is 125 Å². The van der Waals surface area contributed by atoms with E-state index >= 15 is 0 Å². The molecule has 1 aliphatic rings. The van der Waals surface area contributed by atoms with Crippen molar-refractivity contribution < 1.29 is 42.1 Å². The lowest BCUT2D eigenvalue weighted by molar-refractivity contribution is -0.146. The molecule has 0 saturated heterocycles. The highest BCUT2D eigenvalue weighted by molar-refractivity contribution is 5.84. The Morgan fingerprint density at radius 1 is 0.930 bits per heavy atom. The maximum Gasteiger partial charge on any atom is 0.305 e. The van der Waals surface area contributed by atoms with Crippen molar-refractivity contribution in [2.45, 2.75) is 38.1 Å². The van der Waals surface area contributed by atoms with E-state index in [1.165, 1.54) is 12.0 Å². The molecule has 0 spiro atoms. The van der Waals surface area contributed by atoms with Gasteiger partial charge in [0.15, 0.2) is 28.9 Å².